The number of hydrogen-bond acceptors (Lipinski definition) is 5. The molecule has 0 unspecified atom stereocenters. The van der Waals surface area contributed by atoms with Crippen LogP contribution in [0.3, 0.4) is 0 Å². The van der Waals surface area contributed by atoms with Gasteiger partial charge >= 0.3 is 0 Å². The van der Waals surface area contributed by atoms with Crippen molar-refractivity contribution in [2.75, 3.05) is 13.6 Å². The maximum Gasteiger partial charge on any atom is 0.296 e. The minimum absolute atomic E-state index is 0.00704. The van der Waals surface area contributed by atoms with Gasteiger partial charge in [-0.3, -0.25) is 19.1 Å². The zero-order chi connectivity index (χ0) is 20.6. The molecule has 3 rings (SSSR count). The third kappa shape index (κ3) is 3.94. The molecule has 1 N–H and O–H groups in total. The molecule has 0 bridgehead atoms. The van der Waals surface area contributed by atoms with Crippen molar-refractivity contribution in [1.82, 2.24) is 14.5 Å². The Morgan fingerprint density at radius 2 is 1.93 bits per heavy atom. The first kappa shape index (κ1) is 20.1. The summed E-state index contributed by atoms with van der Waals surface area (Å²) < 4.78 is 41.4. The summed E-state index contributed by atoms with van der Waals surface area (Å²) >= 11 is 0. The molecule has 1 aliphatic heterocycles. The van der Waals surface area contributed by atoms with Gasteiger partial charge in [-0.15, -0.1) is 0 Å². The second-order valence-electron chi connectivity index (χ2n) is 7.07. The lowest BCUT2D eigenvalue weighted by Crippen LogP contribution is -2.30. The molecule has 150 valence electrons. The number of nitrogens with zero attached hydrogens (tertiary/aromatic N) is 3. The minimum atomic E-state index is -2.93. The molecule has 0 radical (unpaired) electrons. The molecule has 1 saturated heterocycles. The molecule has 9 heteroatoms. The van der Waals surface area contributed by atoms with Gasteiger partial charge in [0.05, 0.1) is 12.6 Å². The van der Waals surface area contributed by atoms with E-state index < -0.39 is 53.5 Å². The largest absolute Gasteiger partial charge is 0.501 e. The molecule has 2 heterocycles. The van der Waals surface area contributed by atoms with E-state index in [0.717, 1.165) is 4.57 Å². The zero-order valence-corrected chi connectivity index (χ0v) is 15.5. The first-order chi connectivity index (χ1) is 13.1. The number of likely N-dealkylation sites (tertiary alicyclic amines) is 1. The predicted octanol–water partition coefficient (Wildman–Crippen LogP) is 2.45. The van der Waals surface area contributed by atoms with Crippen molar-refractivity contribution in [2.45, 2.75) is 31.2 Å². The lowest BCUT2D eigenvalue weighted by molar-refractivity contribution is 0.0139. The van der Waals surface area contributed by atoms with E-state index in [4.69, 9.17) is 0 Å². The molecule has 1 fully saturated rings. The molecule has 0 spiro atoms. The summed E-state index contributed by atoms with van der Waals surface area (Å²) in [4.78, 5) is 30.3. The van der Waals surface area contributed by atoms with E-state index in [-0.39, 0.29) is 18.7 Å². The van der Waals surface area contributed by atoms with Gasteiger partial charge in [0, 0.05) is 19.9 Å². The zero-order valence-electron chi connectivity index (χ0n) is 15.5. The minimum Gasteiger partial charge on any atom is -0.501 e. The van der Waals surface area contributed by atoms with Crippen molar-refractivity contribution < 1.29 is 23.1 Å². The van der Waals surface area contributed by atoms with Gasteiger partial charge in [0.1, 0.15) is 11.6 Å². The molecule has 28 heavy (non-hydrogen) atoms. The fraction of sp³-hybridized carbons (Fsp3) is 0.421. The average molecular weight is 395 g/mol. The molecule has 0 amide bonds. The van der Waals surface area contributed by atoms with Gasteiger partial charge in [-0.05, 0) is 31.2 Å². The first-order valence-corrected chi connectivity index (χ1v) is 8.74. The number of alkyl halides is 2. The monoisotopic (exact) mass is 395 g/mol. The fourth-order valence-electron chi connectivity index (χ4n) is 3.39. The summed E-state index contributed by atoms with van der Waals surface area (Å²) in [7, 11) is 2.81. The van der Waals surface area contributed by atoms with Crippen LogP contribution in [0, 0.1) is 5.82 Å². The van der Waals surface area contributed by atoms with Crippen molar-refractivity contribution in [2.24, 2.45) is 7.05 Å². The lowest BCUT2D eigenvalue weighted by Gasteiger charge is -2.21. The Balaban J connectivity index is 1.88. The van der Waals surface area contributed by atoms with E-state index in [1.165, 1.54) is 43.3 Å². The van der Waals surface area contributed by atoms with Crippen molar-refractivity contribution in [1.29, 1.82) is 0 Å². The molecule has 0 aliphatic carbocycles. The van der Waals surface area contributed by atoms with Gasteiger partial charge in [-0.2, -0.15) is 0 Å². The first-order valence-electron chi connectivity index (χ1n) is 8.74. The van der Waals surface area contributed by atoms with Crippen molar-refractivity contribution in [3.63, 3.8) is 0 Å². The maximum absolute atomic E-state index is 13.7. The highest BCUT2D eigenvalue weighted by atomic mass is 19.3. The number of benzene rings is 1. The van der Waals surface area contributed by atoms with E-state index in [2.05, 4.69) is 4.98 Å². The molecule has 1 aromatic carbocycles. The standard InChI is InChI=1S/C19H20F3N3O3/c1-24-10-19(21,22)9-13(24)17-23-15(16(27)18(28)25(17)2)14(26)8-5-11-3-6-12(20)7-4-11/h3-4,6-7,13,27H,5,8-10H2,1-2H3/t13-/m0/s1. The average Bonchev–Trinajstić information content (AvgIpc) is 2.91. The molecular formula is C19H20F3N3O3. The number of halogens is 3. The Labute approximate surface area is 159 Å². The van der Waals surface area contributed by atoms with Crippen LogP contribution in [0.4, 0.5) is 13.2 Å². The molecule has 1 atom stereocenters. The van der Waals surface area contributed by atoms with Gasteiger partial charge in [0.15, 0.2) is 11.5 Å². The van der Waals surface area contributed by atoms with Gasteiger partial charge in [-0.1, -0.05) is 12.1 Å². The second kappa shape index (κ2) is 7.38. The highest BCUT2D eigenvalue weighted by Crippen LogP contribution is 2.39. The SMILES string of the molecule is CN1CC(F)(F)C[C@H]1c1nc(C(=O)CCc2ccc(F)cc2)c(O)c(=O)n1C. The van der Waals surface area contributed by atoms with Gasteiger partial charge < -0.3 is 5.11 Å². The highest BCUT2D eigenvalue weighted by molar-refractivity contribution is 5.96. The molecule has 0 saturated carbocycles. The topological polar surface area (TPSA) is 75.4 Å². The second-order valence-corrected chi connectivity index (χ2v) is 7.07. The smallest absolute Gasteiger partial charge is 0.296 e. The van der Waals surface area contributed by atoms with E-state index in [1.807, 2.05) is 0 Å². The lowest BCUT2D eigenvalue weighted by atomic mass is 10.1. The predicted molar refractivity (Wildman–Crippen MR) is 95.1 cm³/mol. The summed E-state index contributed by atoms with van der Waals surface area (Å²) in [6, 6.07) is 4.74. The van der Waals surface area contributed by atoms with Crippen LogP contribution in [-0.4, -0.2) is 44.9 Å². The van der Waals surface area contributed by atoms with Gasteiger partial charge in [-0.25, -0.2) is 18.2 Å². The maximum atomic E-state index is 13.7. The summed E-state index contributed by atoms with van der Waals surface area (Å²) in [5.41, 5.74) is -0.587. The van der Waals surface area contributed by atoms with E-state index in [9.17, 15) is 27.9 Å². The molecule has 6 nitrogen and oxygen atoms in total. The number of aromatic hydroxyl groups is 1. The number of ketones is 1. The third-order valence-corrected chi connectivity index (χ3v) is 4.92. The number of rotatable bonds is 5. The Bertz CT molecular complexity index is 957. The Morgan fingerprint density at radius 3 is 2.50 bits per heavy atom. The van der Waals surface area contributed by atoms with Crippen LogP contribution >= 0.6 is 0 Å². The quantitative estimate of drug-likeness (QED) is 0.788. The van der Waals surface area contributed by atoms with Gasteiger partial charge in [0.2, 0.25) is 5.75 Å². The van der Waals surface area contributed by atoms with Crippen LogP contribution < -0.4 is 5.56 Å². The number of Topliss-reactive ketones (excluding diaryl/α,β-unsaturated/α-hetero) is 1. The number of carbonyl (C=O) groups is 1. The van der Waals surface area contributed by atoms with Crippen LogP contribution in [0.25, 0.3) is 0 Å². The van der Waals surface area contributed by atoms with Crippen LogP contribution in [0.15, 0.2) is 29.1 Å². The molecule has 1 aliphatic rings. The van der Waals surface area contributed by atoms with Crippen molar-refractivity contribution >= 4 is 5.78 Å². The van der Waals surface area contributed by atoms with E-state index in [1.54, 1.807) is 0 Å². The Kier molecular flexibility index (Phi) is 5.29. The number of aromatic nitrogens is 2. The summed E-state index contributed by atoms with van der Waals surface area (Å²) in [6.07, 6.45) is -0.348. The van der Waals surface area contributed by atoms with Crippen LogP contribution in [-0.2, 0) is 13.5 Å². The number of carbonyl (C=O) groups excluding carboxylic acids is 1. The molecule has 1 aromatic heterocycles. The fourth-order valence-corrected chi connectivity index (χ4v) is 3.39. The number of hydrogen-bond donors (Lipinski definition) is 1. The summed E-state index contributed by atoms with van der Waals surface area (Å²) in [5.74, 6) is -4.71. The number of aryl methyl sites for hydroxylation is 1. The Hall–Kier alpha value is -2.68. The normalized spacial score (nSPS) is 19.1. The third-order valence-electron chi connectivity index (χ3n) is 4.92. The van der Waals surface area contributed by atoms with Gasteiger partial charge in [0.25, 0.3) is 11.5 Å². The molecule has 2 aromatic rings. The van der Waals surface area contributed by atoms with Crippen molar-refractivity contribution in [3.8, 4) is 5.75 Å². The van der Waals surface area contributed by atoms with Crippen LogP contribution in [0.2, 0.25) is 0 Å². The summed E-state index contributed by atoms with van der Waals surface area (Å²) in [5, 5.41) is 10.1. The summed E-state index contributed by atoms with van der Waals surface area (Å²) in [6.45, 7) is -0.484. The molecular weight excluding hydrogens is 375 g/mol. The van der Waals surface area contributed by atoms with Crippen LogP contribution in [0.1, 0.15) is 40.8 Å². The highest BCUT2D eigenvalue weighted by Gasteiger charge is 2.45. The van der Waals surface area contributed by atoms with Crippen LogP contribution in [0.5, 0.6) is 5.75 Å². The van der Waals surface area contributed by atoms with E-state index in [0.29, 0.717) is 5.56 Å². The van der Waals surface area contributed by atoms with Crippen molar-refractivity contribution in [3.05, 3.63) is 57.5 Å². The van der Waals surface area contributed by atoms with E-state index >= 15 is 0 Å². The Morgan fingerprint density at radius 1 is 1.29 bits per heavy atom.